The van der Waals surface area contributed by atoms with Crippen molar-refractivity contribution in [3.05, 3.63) is 139 Å². The van der Waals surface area contributed by atoms with Crippen molar-refractivity contribution in [2.24, 2.45) is 70.8 Å². The van der Waals surface area contributed by atoms with E-state index < -0.39 is 11.9 Å². The number of amides is 3. The SMILES string of the molecule is C=O.C=O.CCOc1cc(OC)ccc1C1=NC(c2ccc(Br)cc2)C(c2ccc(Br)cc2)N1C(=O)N1CCN(CCO)CC1.NC(N)=NCCOc1c(CNC(=O)CCC(=O)O)ccc(-c2cccc(CN=C(N)N)c2CN=C(N)N)c1OCCN=C(N)N. The number of aliphatic carboxylic acids is 1. The van der Waals surface area contributed by atoms with E-state index in [0.29, 0.717) is 78.9 Å². The summed E-state index contributed by atoms with van der Waals surface area (Å²) < 4.78 is 25.9. The summed E-state index contributed by atoms with van der Waals surface area (Å²) in [4.78, 5) is 81.3. The standard InChI is InChI=1S/C31H34Br2N4O4.C27H41N13O5.2CH2O/c1-3-41-27-20-25(40-2)12-13-26(27)30-34-28(21-4-8-23(32)9-5-21)29(22-6-10-24(33)11-7-22)37(30)31(39)36-16-14-35(15-17-36)18-19-38;28-24(29)36-8-10-44-22-16(13-38-20(41)6-7-21(42)43)4-5-18(23(22)45-11-9-37-25(30)31)17-3-1-2-15(12-39-26(32)33)19(17)14-40-27(34)35;2*1-2/h4-13,20,28-29,38H,3,14-19H2,1-2H3;1-5H,6-14H2,(H,38,41)(H,42,43)(H4,28,29,36)(H4,30,31,37)(H4,32,33,39)(H4,34,35,40);2*1H2. The summed E-state index contributed by atoms with van der Waals surface area (Å²) in [5, 5.41) is 21.0. The first kappa shape index (κ1) is 73.0. The van der Waals surface area contributed by atoms with Crippen molar-refractivity contribution in [2.75, 3.05) is 79.4 Å². The van der Waals surface area contributed by atoms with Gasteiger partial charge in [-0.3, -0.25) is 34.4 Å². The topological polar surface area (TPSA) is 454 Å². The van der Waals surface area contributed by atoms with Gasteiger partial charge in [-0.1, -0.05) is 86.5 Å². The molecule has 2 atom stereocenters. The number of carbonyl (C=O) groups excluding carboxylic acids is 4. The second kappa shape index (κ2) is 38.0. The molecule has 19 N–H and O–H groups in total. The van der Waals surface area contributed by atoms with Crippen molar-refractivity contribution in [3.63, 3.8) is 0 Å². The zero-order valence-electron chi connectivity index (χ0n) is 50.1. The van der Waals surface area contributed by atoms with Crippen LogP contribution in [0.2, 0.25) is 0 Å². The molecule has 0 saturated carbocycles. The monoisotopic (exact) mass is 1370 g/mol. The Labute approximate surface area is 538 Å². The lowest BCUT2D eigenvalue weighted by Crippen LogP contribution is -2.54. The molecular formula is C60H79Br2N17O11. The number of hydrogen-bond donors (Lipinski definition) is 11. The number of rotatable bonds is 26. The summed E-state index contributed by atoms with van der Waals surface area (Å²) in [5.41, 5.74) is 50.3. The van der Waals surface area contributed by atoms with Crippen molar-refractivity contribution in [3.8, 4) is 34.1 Å². The largest absolute Gasteiger partial charge is 0.497 e. The lowest BCUT2D eigenvalue weighted by atomic mass is 9.93. The van der Waals surface area contributed by atoms with Crippen molar-refractivity contribution < 1.29 is 53.1 Å². The maximum absolute atomic E-state index is 14.5. The first-order valence-corrected chi connectivity index (χ1v) is 29.5. The highest BCUT2D eigenvalue weighted by Crippen LogP contribution is 2.47. The van der Waals surface area contributed by atoms with E-state index in [1.165, 1.54) is 0 Å². The van der Waals surface area contributed by atoms with Crippen LogP contribution in [0, 0.1) is 0 Å². The zero-order valence-corrected chi connectivity index (χ0v) is 53.3. The molecule has 28 nitrogen and oxygen atoms in total. The van der Waals surface area contributed by atoms with Crippen molar-refractivity contribution >= 4 is 93.0 Å². The minimum Gasteiger partial charge on any atom is -0.497 e. The lowest BCUT2D eigenvalue weighted by Gasteiger charge is -2.39. The van der Waals surface area contributed by atoms with E-state index in [1.54, 1.807) is 19.2 Å². The average molecular weight is 1370 g/mol. The fourth-order valence-electron chi connectivity index (χ4n) is 9.37. The predicted octanol–water partition coefficient (Wildman–Crippen LogP) is 3.21. The normalized spacial score (nSPS) is 14.0. The van der Waals surface area contributed by atoms with Gasteiger partial charge < -0.3 is 94.8 Å². The van der Waals surface area contributed by atoms with Crippen molar-refractivity contribution in [2.45, 2.75) is 51.5 Å². The molecule has 2 aliphatic heterocycles. The minimum atomic E-state index is -1.09. The van der Waals surface area contributed by atoms with Crippen LogP contribution in [-0.2, 0) is 38.8 Å². The number of urea groups is 1. The fourth-order valence-corrected chi connectivity index (χ4v) is 9.90. The third-order valence-corrected chi connectivity index (χ3v) is 14.5. The highest BCUT2D eigenvalue weighted by molar-refractivity contribution is 9.10. The number of β-amino-alcohol motifs (C(OH)–C–C–N with tert-alkyl or cyclic N) is 1. The van der Waals surface area contributed by atoms with Crippen LogP contribution in [-0.4, -0.2) is 165 Å². The average Bonchev–Trinajstić information content (AvgIpc) is 1.59. The fraction of sp³-hybridized carbons (Fsp3) is 0.333. The van der Waals surface area contributed by atoms with Crippen LogP contribution in [0.1, 0.15) is 65.2 Å². The maximum atomic E-state index is 14.5. The van der Waals surface area contributed by atoms with Gasteiger partial charge in [-0.25, -0.2) is 14.8 Å². The summed E-state index contributed by atoms with van der Waals surface area (Å²) in [6, 6.07) is 30.1. The van der Waals surface area contributed by atoms with Gasteiger partial charge in [-0.2, -0.15) is 0 Å². The summed E-state index contributed by atoms with van der Waals surface area (Å²) in [6.45, 7) is 10.2. The van der Waals surface area contributed by atoms with Gasteiger partial charge in [-0.15, -0.1) is 0 Å². The lowest BCUT2D eigenvalue weighted by molar-refractivity contribution is -0.138. The summed E-state index contributed by atoms with van der Waals surface area (Å²) >= 11 is 7.12. The third-order valence-electron chi connectivity index (χ3n) is 13.4. The molecule has 5 aromatic carbocycles. The zero-order chi connectivity index (χ0) is 66.3. The van der Waals surface area contributed by atoms with Gasteiger partial charge in [0.1, 0.15) is 50.2 Å². The number of carboxylic acids is 1. The quantitative estimate of drug-likeness (QED) is 0.0215. The summed E-state index contributed by atoms with van der Waals surface area (Å²) in [7, 11) is 1.62. The molecule has 2 unspecified atom stereocenters. The molecular weight excluding hydrogens is 1290 g/mol. The smallest absolute Gasteiger partial charge is 0.326 e. The van der Waals surface area contributed by atoms with Crippen LogP contribution in [0.3, 0.4) is 0 Å². The number of aliphatic imine (C=N–C) groups is 5. The number of carboxylic acid groups (broad SMARTS) is 1. The number of halogens is 2. The van der Waals surface area contributed by atoms with Crippen LogP contribution >= 0.6 is 31.9 Å². The third kappa shape index (κ3) is 22.0. The molecule has 90 heavy (non-hydrogen) atoms. The Morgan fingerprint density at radius 2 is 1.23 bits per heavy atom. The Hall–Kier alpha value is -9.52. The van der Waals surface area contributed by atoms with Crippen LogP contribution in [0.25, 0.3) is 11.1 Å². The van der Waals surface area contributed by atoms with E-state index in [4.69, 9.17) is 84.5 Å². The summed E-state index contributed by atoms with van der Waals surface area (Å²) in [6.07, 6.45) is -0.521. The number of benzene rings is 5. The van der Waals surface area contributed by atoms with Gasteiger partial charge in [0.2, 0.25) is 5.91 Å². The Kier molecular flexibility index (Phi) is 30.8. The molecule has 0 aliphatic carbocycles. The van der Waals surface area contributed by atoms with Gasteiger partial charge in [-0.05, 0) is 71.1 Å². The van der Waals surface area contributed by atoms with Gasteiger partial charge in [0.25, 0.3) is 0 Å². The number of nitrogens with zero attached hydrogens (tertiary/aromatic N) is 8. The first-order valence-electron chi connectivity index (χ1n) is 27.9. The van der Waals surface area contributed by atoms with Crippen LogP contribution in [0.15, 0.2) is 131 Å². The Morgan fingerprint density at radius 3 is 1.79 bits per heavy atom. The number of hydrogen-bond acceptors (Lipinski definition) is 16. The van der Waals surface area contributed by atoms with Gasteiger partial charge in [0, 0.05) is 71.8 Å². The molecule has 3 amide bonds. The first-order chi connectivity index (χ1) is 43.3. The van der Waals surface area contributed by atoms with Crippen molar-refractivity contribution in [1.82, 2.24) is 20.0 Å². The van der Waals surface area contributed by atoms with Gasteiger partial charge in [0.05, 0.1) is 64.5 Å². The molecule has 1 saturated heterocycles. The molecule has 2 aliphatic rings. The number of ether oxygens (including phenoxy) is 4. The molecule has 7 rings (SSSR count). The van der Waals surface area contributed by atoms with E-state index >= 15 is 0 Å². The highest BCUT2D eigenvalue weighted by Gasteiger charge is 2.45. The van der Waals surface area contributed by atoms with E-state index in [-0.39, 0.29) is 119 Å². The number of methoxy groups -OCH3 is 1. The second-order valence-electron chi connectivity index (χ2n) is 19.3. The molecule has 0 bridgehead atoms. The number of nitrogens with one attached hydrogen (secondary N) is 1. The Bertz CT molecular complexity index is 3290. The minimum absolute atomic E-state index is 0.00793. The number of amidine groups is 1. The second-order valence-corrected chi connectivity index (χ2v) is 21.1. The van der Waals surface area contributed by atoms with E-state index in [0.717, 1.165) is 31.2 Å². The number of guanidine groups is 4. The molecule has 5 aromatic rings. The number of aliphatic hydroxyl groups is 1. The van der Waals surface area contributed by atoms with Crippen molar-refractivity contribution in [1.29, 1.82) is 0 Å². The molecule has 0 aromatic heterocycles. The molecule has 1 fully saturated rings. The molecule has 484 valence electrons. The van der Waals surface area contributed by atoms with E-state index in [1.807, 2.05) is 91.0 Å². The molecule has 30 heteroatoms. The van der Waals surface area contributed by atoms with Crippen LogP contribution in [0.5, 0.6) is 23.0 Å². The number of aliphatic hydroxyl groups excluding tert-OH is 1. The highest BCUT2D eigenvalue weighted by atomic mass is 79.9. The summed E-state index contributed by atoms with van der Waals surface area (Å²) in [5.74, 6) is 0.406. The van der Waals surface area contributed by atoms with Crippen LogP contribution < -0.4 is 70.1 Å². The van der Waals surface area contributed by atoms with Crippen LogP contribution in [0.4, 0.5) is 4.79 Å². The van der Waals surface area contributed by atoms with Gasteiger partial charge >= 0.3 is 12.0 Å². The van der Waals surface area contributed by atoms with Gasteiger partial charge in [0.15, 0.2) is 35.3 Å². The molecule has 2 heterocycles. The Morgan fingerprint density at radius 1 is 0.667 bits per heavy atom. The maximum Gasteiger partial charge on any atom is 0.326 e. The predicted molar refractivity (Wildman–Crippen MR) is 353 cm³/mol. The van der Waals surface area contributed by atoms with E-state index in [2.05, 4.69) is 86.3 Å². The number of nitrogens with two attached hydrogens (primary N) is 8. The van der Waals surface area contributed by atoms with E-state index in [9.17, 15) is 19.5 Å². The molecule has 0 radical (unpaired) electrons. The Balaban J connectivity index is 0.000000365. The number of carbonyl (C=O) groups is 5. The number of piperazine rings is 1. The molecule has 0 spiro atoms.